The third-order valence-corrected chi connectivity index (χ3v) is 6.16. The summed E-state index contributed by atoms with van der Waals surface area (Å²) in [5.41, 5.74) is 0. The van der Waals surface area contributed by atoms with Crippen molar-refractivity contribution in [2.45, 2.75) is 96.1 Å². The molecule has 2 atom stereocenters. The van der Waals surface area contributed by atoms with Crippen LogP contribution in [0.4, 0.5) is 0 Å². The number of aliphatic hydroxyl groups excluding tert-OH is 1. The Balaban J connectivity index is 3.65. The van der Waals surface area contributed by atoms with Gasteiger partial charge in [0.05, 0.1) is 34.4 Å². The number of unbranched alkanes of at least 4 members (excludes halogenated alkanes) is 4. The molecule has 0 aromatic heterocycles. The van der Waals surface area contributed by atoms with E-state index in [0.717, 1.165) is 64.2 Å². The number of quaternary nitrogens is 1. The average Bonchev–Trinajstić information content (AvgIpc) is 2.89. The number of carboxylic acid groups (broad SMARTS) is 1. The normalized spacial score (nSPS) is 14.3. The van der Waals surface area contributed by atoms with E-state index in [0.29, 0.717) is 17.3 Å². The second kappa shape index (κ2) is 25.5. The smallest absolute Gasteiger partial charge is 0.362 e. The maximum absolute atomic E-state index is 11.9. The Morgan fingerprint density at radius 3 is 1.80 bits per heavy atom. The predicted octanol–water partition coefficient (Wildman–Crippen LogP) is 6.55. The number of rotatable bonds is 25. The van der Waals surface area contributed by atoms with Crippen LogP contribution in [-0.2, 0) is 19.1 Å². The third kappa shape index (κ3) is 24.6. The van der Waals surface area contributed by atoms with Crippen LogP contribution < -0.4 is 0 Å². The monoisotopic (exact) mass is 562 g/mol. The fourth-order valence-electron chi connectivity index (χ4n) is 3.82. The fraction of sp³-hybridized carbons (Fsp3) is 0.636. The van der Waals surface area contributed by atoms with Crippen molar-refractivity contribution in [3.05, 3.63) is 60.8 Å². The van der Waals surface area contributed by atoms with Crippen LogP contribution in [0.2, 0.25) is 0 Å². The minimum Gasteiger partial charge on any atom is -0.477 e. The van der Waals surface area contributed by atoms with E-state index in [4.69, 9.17) is 9.47 Å². The summed E-state index contributed by atoms with van der Waals surface area (Å²) in [4.78, 5) is 23.2. The van der Waals surface area contributed by atoms with Crippen molar-refractivity contribution in [2.75, 3.05) is 41.0 Å². The Labute approximate surface area is 243 Å². The number of likely N-dealkylation sites (N-methyl/N-ethyl adjacent to an activating group) is 1. The van der Waals surface area contributed by atoms with Crippen LogP contribution in [0.1, 0.15) is 84.0 Å². The van der Waals surface area contributed by atoms with Crippen molar-refractivity contribution in [2.24, 2.45) is 0 Å². The van der Waals surface area contributed by atoms with Crippen LogP contribution in [0.15, 0.2) is 60.8 Å². The van der Waals surface area contributed by atoms with Crippen molar-refractivity contribution >= 4 is 11.9 Å². The number of carbonyl (C=O) groups is 2. The first-order valence-corrected chi connectivity index (χ1v) is 14.9. The maximum atomic E-state index is 11.9. The van der Waals surface area contributed by atoms with Gasteiger partial charge < -0.3 is 24.2 Å². The first kappa shape index (κ1) is 37.5. The van der Waals surface area contributed by atoms with Gasteiger partial charge in [-0.3, -0.25) is 4.79 Å². The SMILES string of the molecule is CC/C=C/C/C=C/C/C=C/C/C=C/C/C=C/CCCCCCC(=O)OCC(O)COCCC(C(=O)O)[N+](C)(C)C. The number of nitrogens with zero attached hydrogens (tertiary/aromatic N) is 1. The molecule has 0 aliphatic heterocycles. The molecule has 228 valence electrons. The van der Waals surface area contributed by atoms with Gasteiger partial charge >= 0.3 is 11.9 Å². The van der Waals surface area contributed by atoms with Crippen LogP contribution in [-0.4, -0.2) is 79.7 Å². The molecule has 0 aromatic carbocycles. The maximum Gasteiger partial charge on any atom is 0.362 e. The second-order valence-electron chi connectivity index (χ2n) is 10.8. The zero-order valence-corrected chi connectivity index (χ0v) is 25.5. The van der Waals surface area contributed by atoms with Crippen molar-refractivity contribution in [1.29, 1.82) is 0 Å². The number of ether oxygens (including phenoxy) is 2. The summed E-state index contributed by atoms with van der Waals surface area (Å²) in [6, 6.07) is -0.581. The highest BCUT2D eigenvalue weighted by Crippen LogP contribution is 2.09. The molecule has 0 saturated heterocycles. The summed E-state index contributed by atoms with van der Waals surface area (Å²) in [6.45, 7) is 2.26. The van der Waals surface area contributed by atoms with Gasteiger partial charge in [-0.15, -0.1) is 0 Å². The van der Waals surface area contributed by atoms with Crippen molar-refractivity contribution in [3.63, 3.8) is 0 Å². The third-order valence-electron chi connectivity index (χ3n) is 6.16. The molecular weight excluding hydrogens is 506 g/mol. The zero-order chi connectivity index (χ0) is 29.9. The van der Waals surface area contributed by atoms with E-state index in [9.17, 15) is 19.8 Å². The van der Waals surface area contributed by atoms with E-state index in [1.165, 1.54) is 0 Å². The molecule has 0 fully saturated rings. The van der Waals surface area contributed by atoms with E-state index in [1.807, 2.05) is 21.1 Å². The number of hydrogen-bond acceptors (Lipinski definition) is 5. The van der Waals surface area contributed by atoms with Crippen LogP contribution >= 0.6 is 0 Å². The Morgan fingerprint density at radius 1 is 0.750 bits per heavy atom. The molecule has 0 aliphatic rings. The molecule has 0 heterocycles. The molecule has 0 aromatic rings. The van der Waals surface area contributed by atoms with E-state index < -0.39 is 18.1 Å². The number of carbonyl (C=O) groups excluding carboxylic acids is 1. The molecule has 0 aliphatic carbocycles. The topological polar surface area (TPSA) is 93.1 Å². The summed E-state index contributed by atoms with van der Waals surface area (Å²) in [5, 5.41) is 19.2. The molecule has 0 bridgehead atoms. The van der Waals surface area contributed by atoms with Gasteiger partial charge in [0, 0.05) is 12.8 Å². The average molecular weight is 563 g/mol. The zero-order valence-electron chi connectivity index (χ0n) is 25.5. The fourth-order valence-corrected chi connectivity index (χ4v) is 3.82. The second-order valence-corrected chi connectivity index (χ2v) is 10.8. The number of allylic oxidation sites excluding steroid dienone is 10. The molecule has 40 heavy (non-hydrogen) atoms. The quantitative estimate of drug-likeness (QED) is 0.0567. The number of aliphatic hydroxyl groups is 1. The summed E-state index contributed by atoms with van der Waals surface area (Å²) in [6.07, 6.45) is 31.8. The van der Waals surface area contributed by atoms with Crippen LogP contribution in [0.3, 0.4) is 0 Å². The van der Waals surface area contributed by atoms with Crippen molar-refractivity contribution in [3.8, 4) is 0 Å². The standard InChI is InChI=1S/C33H55NO6/c1-5-6-7-8-9-10-11-12-13-14-15-16-17-18-19-20-21-22-23-24-25-32(36)40-29-30(35)28-39-27-26-31(33(37)38)34(2,3)4/h6-7,9-10,12-13,15-16,18-19,30-31,35H,5,8,11,14,17,20-29H2,1-4H3/p+1/b7-6+,10-9+,13-12+,16-15+,19-18+. The minimum absolute atomic E-state index is 0.00651. The lowest BCUT2D eigenvalue weighted by Gasteiger charge is -2.31. The van der Waals surface area contributed by atoms with Gasteiger partial charge in [-0.2, -0.15) is 0 Å². The Morgan fingerprint density at radius 2 is 1.27 bits per heavy atom. The highest BCUT2D eigenvalue weighted by molar-refractivity contribution is 5.72. The van der Waals surface area contributed by atoms with Gasteiger partial charge in [-0.05, 0) is 51.4 Å². The molecule has 2 N–H and O–H groups in total. The largest absolute Gasteiger partial charge is 0.477 e. The summed E-state index contributed by atoms with van der Waals surface area (Å²) in [5.74, 6) is -1.19. The molecule has 0 amide bonds. The number of carboxylic acids is 1. The van der Waals surface area contributed by atoms with Crippen molar-refractivity contribution < 1.29 is 33.8 Å². The summed E-state index contributed by atoms with van der Waals surface area (Å²) < 4.78 is 10.8. The van der Waals surface area contributed by atoms with Gasteiger partial charge in [0.2, 0.25) is 0 Å². The number of esters is 1. The van der Waals surface area contributed by atoms with Crippen LogP contribution in [0.5, 0.6) is 0 Å². The lowest BCUT2D eigenvalue weighted by Crippen LogP contribution is -2.50. The lowest BCUT2D eigenvalue weighted by atomic mass is 10.1. The Bertz CT molecular complexity index is 791. The highest BCUT2D eigenvalue weighted by Gasteiger charge is 2.30. The molecular formula is C33H56NO6+. The van der Waals surface area contributed by atoms with Gasteiger partial charge in [-0.1, -0.05) is 80.5 Å². The van der Waals surface area contributed by atoms with Crippen LogP contribution in [0, 0.1) is 0 Å². The number of hydrogen-bond donors (Lipinski definition) is 2. The van der Waals surface area contributed by atoms with E-state index in [1.54, 1.807) is 0 Å². The summed E-state index contributed by atoms with van der Waals surface area (Å²) >= 11 is 0. The Hall–Kier alpha value is -2.48. The molecule has 2 unspecified atom stereocenters. The van der Waals surface area contributed by atoms with Gasteiger partial charge in [0.1, 0.15) is 12.7 Å². The predicted molar refractivity (Wildman–Crippen MR) is 164 cm³/mol. The van der Waals surface area contributed by atoms with Crippen LogP contribution in [0.25, 0.3) is 0 Å². The van der Waals surface area contributed by atoms with E-state index >= 15 is 0 Å². The number of aliphatic carboxylic acids is 1. The first-order chi connectivity index (χ1) is 19.2. The Kier molecular flexibility index (Phi) is 23.9. The van der Waals surface area contributed by atoms with Gasteiger partial charge in [0.15, 0.2) is 6.04 Å². The van der Waals surface area contributed by atoms with Gasteiger partial charge in [0.25, 0.3) is 0 Å². The molecule has 7 nitrogen and oxygen atoms in total. The molecule has 7 heteroatoms. The van der Waals surface area contributed by atoms with Gasteiger partial charge in [-0.25, -0.2) is 4.79 Å². The first-order valence-electron chi connectivity index (χ1n) is 14.9. The lowest BCUT2D eigenvalue weighted by molar-refractivity contribution is -0.887. The molecule has 0 rings (SSSR count). The highest BCUT2D eigenvalue weighted by atomic mass is 16.5. The molecule has 0 spiro atoms. The van der Waals surface area contributed by atoms with Crippen molar-refractivity contribution in [1.82, 2.24) is 0 Å². The molecule has 0 radical (unpaired) electrons. The minimum atomic E-state index is -0.917. The van der Waals surface area contributed by atoms with E-state index in [-0.39, 0.29) is 25.8 Å². The van der Waals surface area contributed by atoms with E-state index in [2.05, 4.69) is 67.7 Å². The summed E-state index contributed by atoms with van der Waals surface area (Å²) in [7, 11) is 5.46. The molecule has 0 saturated carbocycles.